The van der Waals surface area contributed by atoms with Gasteiger partial charge in [-0.25, -0.2) is 4.68 Å². The maximum Gasteiger partial charge on any atom is 0.116 e. The van der Waals surface area contributed by atoms with Crippen LogP contribution in [-0.4, -0.2) is 25.1 Å². The molecule has 0 bridgehead atoms. The van der Waals surface area contributed by atoms with Gasteiger partial charge in [0.05, 0.1) is 18.3 Å². The monoisotopic (exact) mass is 280 g/mol. The van der Waals surface area contributed by atoms with Crippen LogP contribution in [0.5, 0.6) is 0 Å². The van der Waals surface area contributed by atoms with E-state index in [1.54, 1.807) is 12.4 Å². The van der Waals surface area contributed by atoms with Crippen LogP contribution in [0, 0.1) is 0 Å². The van der Waals surface area contributed by atoms with Crippen molar-refractivity contribution in [3.8, 4) is 11.3 Å². The van der Waals surface area contributed by atoms with Crippen LogP contribution in [0.25, 0.3) is 11.3 Å². The second-order valence-electron chi connectivity index (χ2n) is 4.81. The highest BCUT2D eigenvalue weighted by Crippen LogP contribution is 2.27. The number of aromatic nitrogens is 4. The number of aliphatic hydroxyl groups excluding tert-OH is 1. The van der Waals surface area contributed by atoms with E-state index in [4.69, 9.17) is 0 Å². The minimum atomic E-state index is -0.140. The normalized spacial score (nSPS) is 12.3. The van der Waals surface area contributed by atoms with Crippen LogP contribution in [0.4, 0.5) is 0 Å². The topological polar surface area (TPSA) is 63.8 Å². The Morgan fingerprint density at radius 3 is 2.48 bits per heavy atom. The summed E-state index contributed by atoms with van der Waals surface area (Å²) in [6, 6.07) is 13.9. The van der Waals surface area contributed by atoms with Gasteiger partial charge in [-0.05, 0) is 24.6 Å². The minimum Gasteiger partial charge on any atom is -0.390 e. The summed E-state index contributed by atoms with van der Waals surface area (Å²) in [7, 11) is 0. The highest BCUT2D eigenvalue weighted by molar-refractivity contribution is 5.61. The Morgan fingerprint density at radius 2 is 1.81 bits per heavy atom. The molecule has 3 aromatic rings. The van der Waals surface area contributed by atoms with Gasteiger partial charge in [0.1, 0.15) is 5.69 Å². The van der Waals surface area contributed by atoms with Gasteiger partial charge in [-0.2, -0.15) is 0 Å². The van der Waals surface area contributed by atoms with Crippen LogP contribution in [-0.2, 0) is 6.61 Å². The number of aliphatic hydroxyl groups is 1. The lowest BCUT2D eigenvalue weighted by Gasteiger charge is -2.15. The van der Waals surface area contributed by atoms with E-state index >= 15 is 0 Å². The van der Waals surface area contributed by atoms with E-state index < -0.39 is 0 Å². The fraction of sp³-hybridized carbons (Fsp3) is 0.188. The standard InChI is InChI=1S/C16H16N4O/c1-12(13-5-3-2-4-6-13)20-16(15(11-21)18-19-20)14-7-9-17-10-8-14/h2-10,12,21H,11H2,1H3. The van der Waals surface area contributed by atoms with Gasteiger partial charge >= 0.3 is 0 Å². The second-order valence-corrected chi connectivity index (χ2v) is 4.81. The van der Waals surface area contributed by atoms with Crippen molar-refractivity contribution in [1.82, 2.24) is 20.0 Å². The summed E-state index contributed by atoms with van der Waals surface area (Å²) in [5, 5.41) is 17.8. The molecule has 3 rings (SSSR count). The Hall–Kier alpha value is -2.53. The Morgan fingerprint density at radius 1 is 1.10 bits per heavy atom. The molecular weight excluding hydrogens is 264 g/mol. The SMILES string of the molecule is CC(c1ccccc1)n1nnc(CO)c1-c1ccncc1. The van der Waals surface area contributed by atoms with E-state index in [1.165, 1.54) is 0 Å². The number of pyridine rings is 1. The molecule has 0 aliphatic carbocycles. The van der Waals surface area contributed by atoms with Gasteiger partial charge in [-0.1, -0.05) is 35.5 Å². The van der Waals surface area contributed by atoms with Gasteiger partial charge in [0.25, 0.3) is 0 Å². The zero-order valence-corrected chi connectivity index (χ0v) is 11.7. The Bertz CT molecular complexity index is 710. The molecule has 0 spiro atoms. The summed E-state index contributed by atoms with van der Waals surface area (Å²) >= 11 is 0. The van der Waals surface area contributed by atoms with E-state index in [1.807, 2.05) is 35.0 Å². The van der Waals surface area contributed by atoms with Gasteiger partial charge in [-0.3, -0.25) is 4.98 Å². The van der Waals surface area contributed by atoms with Crippen molar-refractivity contribution in [3.63, 3.8) is 0 Å². The summed E-state index contributed by atoms with van der Waals surface area (Å²) in [6.45, 7) is 1.93. The first-order valence-corrected chi connectivity index (χ1v) is 6.81. The molecule has 0 radical (unpaired) electrons. The van der Waals surface area contributed by atoms with Gasteiger partial charge in [-0.15, -0.1) is 5.10 Å². The highest BCUT2D eigenvalue weighted by atomic mass is 16.3. The lowest BCUT2D eigenvalue weighted by molar-refractivity contribution is 0.277. The summed E-state index contributed by atoms with van der Waals surface area (Å²) in [6.07, 6.45) is 3.45. The fourth-order valence-electron chi connectivity index (χ4n) is 2.39. The van der Waals surface area contributed by atoms with Crippen molar-refractivity contribution >= 4 is 0 Å². The molecule has 5 nitrogen and oxygen atoms in total. The van der Waals surface area contributed by atoms with Gasteiger partial charge in [0.2, 0.25) is 0 Å². The zero-order valence-electron chi connectivity index (χ0n) is 11.7. The molecule has 0 amide bonds. The molecule has 1 N–H and O–H groups in total. The van der Waals surface area contributed by atoms with Crippen molar-refractivity contribution in [2.24, 2.45) is 0 Å². The molecular formula is C16H16N4O. The van der Waals surface area contributed by atoms with Crippen molar-refractivity contribution in [2.45, 2.75) is 19.6 Å². The molecule has 5 heteroatoms. The lowest BCUT2D eigenvalue weighted by atomic mass is 10.1. The van der Waals surface area contributed by atoms with Crippen molar-refractivity contribution in [3.05, 3.63) is 66.1 Å². The molecule has 0 aliphatic heterocycles. The third-order valence-electron chi connectivity index (χ3n) is 3.52. The van der Waals surface area contributed by atoms with Crippen LogP contribution in [0.2, 0.25) is 0 Å². The molecule has 1 atom stereocenters. The summed E-state index contributed by atoms with van der Waals surface area (Å²) in [5.74, 6) is 0. The van der Waals surface area contributed by atoms with Gasteiger partial charge in [0, 0.05) is 18.0 Å². The molecule has 1 unspecified atom stereocenters. The Kier molecular flexibility index (Phi) is 3.75. The molecule has 106 valence electrons. The Labute approximate surface area is 122 Å². The first-order chi connectivity index (χ1) is 10.3. The predicted molar refractivity (Wildman–Crippen MR) is 79.4 cm³/mol. The lowest BCUT2D eigenvalue weighted by Crippen LogP contribution is -2.10. The van der Waals surface area contributed by atoms with Gasteiger partial charge < -0.3 is 5.11 Å². The molecule has 1 aromatic carbocycles. The Balaban J connectivity index is 2.10. The molecule has 2 aromatic heterocycles. The largest absolute Gasteiger partial charge is 0.390 e. The smallest absolute Gasteiger partial charge is 0.116 e. The fourth-order valence-corrected chi connectivity index (χ4v) is 2.39. The minimum absolute atomic E-state index is 0.0298. The average molecular weight is 280 g/mol. The van der Waals surface area contributed by atoms with E-state index in [9.17, 15) is 5.11 Å². The predicted octanol–water partition coefficient (Wildman–Crippen LogP) is 2.44. The summed E-state index contributed by atoms with van der Waals surface area (Å²) < 4.78 is 1.84. The number of rotatable bonds is 4. The van der Waals surface area contributed by atoms with E-state index in [-0.39, 0.29) is 12.6 Å². The maximum absolute atomic E-state index is 9.51. The third-order valence-corrected chi connectivity index (χ3v) is 3.52. The quantitative estimate of drug-likeness (QED) is 0.797. The summed E-state index contributed by atoms with van der Waals surface area (Å²) in [5.41, 5.74) is 3.49. The number of hydrogen-bond donors (Lipinski definition) is 1. The third kappa shape index (κ3) is 2.55. The first kappa shape index (κ1) is 13.5. The number of hydrogen-bond acceptors (Lipinski definition) is 4. The van der Waals surface area contributed by atoms with Crippen molar-refractivity contribution in [2.75, 3.05) is 0 Å². The number of nitrogens with zero attached hydrogens (tertiary/aromatic N) is 4. The van der Waals surface area contributed by atoms with Crippen LogP contribution >= 0.6 is 0 Å². The van der Waals surface area contributed by atoms with E-state index in [0.717, 1.165) is 16.8 Å². The zero-order chi connectivity index (χ0) is 14.7. The summed E-state index contributed by atoms with van der Waals surface area (Å²) in [4.78, 5) is 4.03. The van der Waals surface area contributed by atoms with Crippen molar-refractivity contribution in [1.29, 1.82) is 0 Å². The van der Waals surface area contributed by atoms with E-state index in [0.29, 0.717) is 5.69 Å². The van der Waals surface area contributed by atoms with E-state index in [2.05, 4.69) is 34.4 Å². The first-order valence-electron chi connectivity index (χ1n) is 6.81. The van der Waals surface area contributed by atoms with Crippen LogP contribution < -0.4 is 0 Å². The second kappa shape index (κ2) is 5.85. The van der Waals surface area contributed by atoms with Gasteiger partial charge in [0.15, 0.2) is 0 Å². The average Bonchev–Trinajstić information content (AvgIpc) is 2.99. The maximum atomic E-state index is 9.51. The molecule has 0 fully saturated rings. The number of benzene rings is 1. The molecule has 0 aliphatic rings. The van der Waals surface area contributed by atoms with Crippen LogP contribution in [0.1, 0.15) is 24.2 Å². The van der Waals surface area contributed by atoms with Crippen molar-refractivity contribution < 1.29 is 5.11 Å². The molecule has 0 saturated heterocycles. The highest BCUT2D eigenvalue weighted by Gasteiger charge is 2.19. The molecule has 2 heterocycles. The van der Waals surface area contributed by atoms with Crippen LogP contribution in [0.15, 0.2) is 54.9 Å². The molecule has 21 heavy (non-hydrogen) atoms. The molecule has 0 saturated carbocycles. The van der Waals surface area contributed by atoms with Crippen LogP contribution in [0.3, 0.4) is 0 Å².